The molecule has 1 fully saturated rings. The van der Waals surface area contributed by atoms with E-state index in [0.29, 0.717) is 12.5 Å². The second kappa shape index (κ2) is 7.97. The van der Waals surface area contributed by atoms with E-state index in [1.165, 1.54) is 16.7 Å². The quantitative estimate of drug-likeness (QED) is 0.879. The molecule has 0 unspecified atom stereocenters. The predicted octanol–water partition coefficient (Wildman–Crippen LogP) is 3.83. The van der Waals surface area contributed by atoms with E-state index in [2.05, 4.69) is 58.7 Å². The number of nitrogens with zero attached hydrogens (tertiary/aromatic N) is 1. The molecule has 1 aliphatic rings. The first-order chi connectivity index (χ1) is 11.7. The zero-order valence-corrected chi connectivity index (χ0v) is 13.8. The van der Waals surface area contributed by atoms with Gasteiger partial charge in [-0.15, -0.1) is 0 Å². The molecule has 0 aliphatic carbocycles. The molecule has 1 aliphatic heterocycles. The minimum atomic E-state index is -0.920. The van der Waals surface area contributed by atoms with E-state index in [9.17, 15) is 4.79 Å². The summed E-state index contributed by atoms with van der Waals surface area (Å²) in [7, 11) is 0. The van der Waals surface area contributed by atoms with E-state index in [0.717, 1.165) is 32.5 Å². The van der Waals surface area contributed by atoms with Crippen LogP contribution in [0.1, 0.15) is 18.4 Å². The number of hydrogen-bond acceptors (Lipinski definition) is 2. The van der Waals surface area contributed by atoms with E-state index >= 15 is 0 Å². The SMILES string of the molecule is O=C(O)NCC1CCN(Cc2ccc(-c3ccccc3)cc2)CC1. The fourth-order valence-electron chi connectivity index (χ4n) is 3.27. The van der Waals surface area contributed by atoms with Gasteiger partial charge in [0.2, 0.25) is 0 Å². The Hall–Kier alpha value is -2.33. The third-order valence-electron chi connectivity index (χ3n) is 4.72. The molecular formula is C20H24N2O2. The highest BCUT2D eigenvalue weighted by molar-refractivity contribution is 5.64. The highest BCUT2D eigenvalue weighted by Gasteiger charge is 2.19. The summed E-state index contributed by atoms with van der Waals surface area (Å²) >= 11 is 0. The molecule has 0 bridgehead atoms. The van der Waals surface area contributed by atoms with Gasteiger partial charge in [-0.1, -0.05) is 54.6 Å². The first kappa shape index (κ1) is 16.5. The minimum absolute atomic E-state index is 0.470. The number of benzene rings is 2. The maximum atomic E-state index is 10.6. The number of amides is 1. The van der Waals surface area contributed by atoms with Gasteiger partial charge < -0.3 is 10.4 Å². The van der Waals surface area contributed by atoms with Crippen LogP contribution in [0, 0.1) is 5.92 Å². The molecule has 2 aromatic carbocycles. The lowest BCUT2D eigenvalue weighted by atomic mass is 9.96. The molecule has 0 spiro atoms. The summed E-state index contributed by atoms with van der Waals surface area (Å²) in [6.07, 6.45) is 1.20. The van der Waals surface area contributed by atoms with E-state index in [1.54, 1.807) is 0 Å². The van der Waals surface area contributed by atoms with Crippen LogP contribution in [0.3, 0.4) is 0 Å². The normalized spacial score (nSPS) is 16.0. The molecule has 1 amide bonds. The number of likely N-dealkylation sites (tertiary alicyclic amines) is 1. The van der Waals surface area contributed by atoms with Crippen molar-refractivity contribution in [2.24, 2.45) is 5.92 Å². The molecule has 0 saturated carbocycles. The maximum Gasteiger partial charge on any atom is 0.404 e. The Morgan fingerprint density at radius 3 is 2.25 bits per heavy atom. The summed E-state index contributed by atoms with van der Waals surface area (Å²) in [5, 5.41) is 11.2. The molecule has 4 nitrogen and oxygen atoms in total. The van der Waals surface area contributed by atoms with Crippen LogP contribution in [-0.2, 0) is 6.54 Å². The van der Waals surface area contributed by atoms with Crippen molar-refractivity contribution in [3.8, 4) is 11.1 Å². The van der Waals surface area contributed by atoms with E-state index in [1.807, 2.05) is 6.07 Å². The van der Waals surface area contributed by atoms with Crippen LogP contribution in [0.2, 0.25) is 0 Å². The van der Waals surface area contributed by atoms with Crippen molar-refractivity contribution in [2.75, 3.05) is 19.6 Å². The number of rotatable bonds is 5. The lowest BCUT2D eigenvalue weighted by Crippen LogP contribution is -2.37. The molecule has 0 aromatic heterocycles. The van der Waals surface area contributed by atoms with Crippen molar-refractivity contribution in [1.82, 2.24) is 10.2 Å². The van der Waals surface area contributed by atoms with Crippen molar-refractivity contribution < 1.29 is 9.90 Å². The van der Waals surface area contributed by atoms with Crippen molar-refractivity contribution in [3.05, 3.63) is 60.2 Å². The number of hydrogen-bond donors (Lipinski definition) is 2. The van der Waals surface area contributed by atoms with Gasteiger partial charge in [0.1, 0.15) is 0 Å². The Morgan fingerprint density at radius 2 is 1.62 bits per heavy atom. The van der Waals surface area contributed by atoms with Crippen molar-refractivity contribution in [2.45, 2.75) is 19.4 Å². The number of carbonyl (C=O) groups is 1. The number of carboxylic acid groups (broad SMARTS) is 1. The second-order valence-corrected chi connectivity index (χ2v) is 6.47. The second-order valence-electron chi connectivity index (χ2n) is 6.47. The van der Waals surface area contributed by atoms with Gasteiger partial charge in [-0.2, -0.15) is 0 Å². The topological polar surface area (TPSA) is 52.6 Å². The van der Waals surface area contributed by atoms with Crippen molar-refractivity contribution in [3.63, 3.8) is 0 Å². The van der Waals surface area contributed by atoms with Gasteiger partial charge in [-0.05, 0) is 48.5 Å². The average molecular weight is 324 g/mol. The summed E-state index contributed by atoms with van der Waals surface area (Å²) in [5.74, 6) is 0.470. The smallest absolute Gasteiger partial charge is 0.404 e. The summed E-state index contributed by atoms with van der Waals surface area (Å²) in [5.41, 5.74) is 3.82. The monoisotopic (exact) mass is 324 g/mol. The Kier molecular flexibility index (Phi) is 5.49. The summed E-state index contributed by atoms with van der Waals surface area (Å²) in [6.45, 7) is 3.61. The lowest BCUT2D eigenvalue weighted by molar-refractivity contribution is 0.166. The zero-order valence-electron chi connectivity index (χ0n) is 13.8. The highest BCUT2D eigenvalue weighted by Crippen LogP contribution is 2.22. The number of piperidine rings is 1. The average Bonchev–Trinajstić information content (AvgIpc) is 2.62. The Balaban J connectivity index is 1.50. The van der Waals surface area contributed by atoms with Crippen LogP contribution >= 0.6 is 0 Å². The van der Waals surface area contributed by atoms with E-state index in [-0.39, 0.29) is 0 Å². The Morgan fingerprint density at radius 1 is 1.00 bits per heavy atom. The summed E-state index contributed by atoms with van der Waals surface area (Å²) in [4.78, 5) is 13.0. The Bertz CT molecular complexity index is 647. The van der Waals surface area contributed by atoms with Gasteiger partial charge in [-0.25, -0.2) is 4.79 Å². The van der Waals surface area contributed by atoms with Gasteiger partial charge in [0.25, 0.3) is 0 Å². The van der Waals surface area contributed by atoms with Crippen LogP contribution in [-0.4, -0.2) is 35.7 Å². The minimum Gasteiger partial charge on any atom is -0.465 e. The van der Waals surface area contributed by atoms with Crippen LogP contribution in [0.4, 0.5) is 4.79 Å². The molecule has 2 N–H and O–H groups in total. The van der Waals surface area contributed by atoms with Crippen LogP contribution in [0.15, 0.2) is 54.6 Å². The molecule has 126 valence electrons. The molecule has 1 saturated heterocycles. The summed E-state index contributed by atoms with van der Waals surface area (Å²) < 4.78 is 0. The van der Waals surface area contributed by atoms with Gasteiger partial charge >= 0.3 is 6.09 Å². The largest absolute Gasteiger partial charge is 0.465 e. The highest BCUT2D eigenvalue weighted by atomic mass is 16.4. The van der Waals surface area contributed by atoms with Crippen molar-refractivity contribution in [1.29, 1.82) is 0 Å². The molecule has 24 heavy (non-hydrogen) atoms. The molecule has 3 rings (SSSR count). The predicted molar refractivity (Wildman–Crippen MR) is 95.9 cm³/mol. The molecule has 2 aromatic rings. The van der Waals surface area contributed by atoms with E-state index < -0.39 is 6.09 Å². The van der Waals surface area contributed by atoms with Crippen LogP contribution < -0.4 is 5.32 Å². The molecule has 4 heteroatoms. The first-order valence-corrected chi connectivity index (χ1v) is 8.54. The van der Waals surface area contributed by atoms with Gasteiger partial charge in [-0.3, -0.25) is 4.90 Å². The summed E-state index contributed by atoms with van der Waals surface area (Å²) in [6, 6.07) is 19.2. The number of nitrogens with one attached hydrogen (secondary N) is 1. The van der Waals surface area contributed by atoms with Gasteiger partial charge in [0.05, 0.1) is 0 Å². The third kappa shape index (κ3) is 4.59. The maximum absolute atomic E-state index is 10.6. The molecule has 0 radical (unpaired) electrons. The molecular weight excluding hydrogens is 300 g/mol. The Labute approximate surface area is 143 Å². The van der Waals surface area contributed by atoms with E-state index in [4.69, 9.17) is 5.11 Å². The fourth-order valence-corrected chi connectivity index (χ4v) is 3.27. The van der Waals surface area contributed by atoms with Gasteiger partial charge in [0, 0.05) is 13.1 Å². The third-order valence-corrected chi connectivity index (χ3v) is 4.72. The zero-order chi connectivity index (χ0) is 16.8. The fraction of sp³-hybridized carbons (Fsp3) is 0.350. The van der Waals surface area contributed by atoms with Crippen LogP contribution in [0.5, 0.6) is 0 Å². The first-order valence-electron chi connectivity index (χ1n) is 8.54. The van der Waals surface area contributed by atoms with Gasteiger partial charge in [0.15, 0.2) is 0 Å². The molecule has 0 atom stereocenters. The van der Waals surface area contributed by atoms with Crippen molar-refractivity contribution >= 4 is 6.09 Å². The lowest BCUT2D eigenvalue weighted by Gasteiger charge is -2.31. The standard InChI is InChI=1S/C20H24N2O2/c23-20(24)21-14-16-10-12-22(13-11-16)15-17-6-8-19(9-7-17)18-4-2-1-3-5-18/h1-9,16,21H,10-15H2,(H,23,24). The van der Waals surface area contributed by atoms with Crippen LogP contribution in [0.25, 0.3) is 11.1 Å². The molecule has 1 heterocycles.